The Morgan fingerprint density at radius 1 is 1.50 bits per heavy atom. The highest BCUT2D eigenvalue weighted by atomic mass is 16.5. The minimum absolute atomic E-state index is 0.0208. The lowest BCUT2D eigenvalue weighted by Gasteiger charge is -2.00. The Morgan fingerprint density at radius 2 is 2.30 bits per heavy atom. The van der Waals surface area contributed by atoms with Crippen LogP contribution in [0.1, 0.15) is 21.9 Å². The molecule has 0 aliphatic rings. The number of hydrogen-bond acceptors (Lipinski definition) is 7. The minimum atomic E-state index is -0.773. The molecule has 0 saturated carbocycles. The molecular formula is C10H9N7O3. The van der Waals surface area contributed by atoms with Crippen LogP contribution >= 0.6 is 0 Å². The smallest absolute Gasteiger partial charge is 0.353 e. The van der Waals surface area contributed by atoms with Crippen LogP contribution in [0.4, 0.5) is 0 Å². The van der Waals surface area contributed by atoms with E-state index in [1.54, 1.807) is 13.0 Å². The van der Waals surface area contributed by atoms with Crippen LogP contribution in [0, 0.1) is 6.92 Å². The summed E-state index contributed by atoms with van der Waals surface area (Å²) in [6.07, 6.45) is 1.18. The number of aromatic nitrogens is 6. The van der Waals surface area contributed by atoms with E-state index >= 15 is 0 Å². The molecule has 0 aliphatic carbocycles. The Bertz CT molecular complexity index is 859. The molecule has 0 atom stereocenters. The van der Waals surface area contributed by atoms with Crippen LogP contribution in [0.25, 0.3) is 5.65 Å². The third kappa shape index (κ3) is 1.83. The highest BCUT2D eigenvalue weighted by molar-refractivity contribution is 5.96. The van der Waals surface area contributed by atoms with Crippen molar-refractivity contribution in [2.75, 3.05) is 0 Å². The molecule has 3 heterocycles. The lowest BCUT2D eigenvalue weighted by Crippen LogP contribution is -2.30. The Morgan fingerprint density at radius 3 is 2.95 bits per heavy atom. The Labute approximate surface area is 110 Å². The lowest BCUT2D eigenvalue weighted by molar-refractivity contribution is 0.0997. The summed E-state index contributed by atoms with van der Waals surface area (Å²) in [5.74, 6) is -0.307. The van der Waals surface area contributed by atoms with Gasteiger partial charge in [0.15, 0.2) is 17.1 Å². The summed E-state index contributed by atoms with van der Waals surface area (Å²) in [6, 6.07) is 1.68. The number of carbonyl (C=O) groups is 1. The summed E-state index contributed by atoms with van der Waals surface area (Å²) < 4.78 is 7.16. The van der Waals surface area contributed by atoms with Crippen molar-refractivity contribution in [2.45, 2.75) is 13.5 Å². The number of hydrogen-bond donors (Lipinski definition) is 1. The van der Waals surface area contributed by atoms with Crippen LogP contribution in [0.5, 0.6) is 0 Å². The average Bonchev–Trinajstić information content (AvgIpc) is 2.99. The molecule has 3 aromatic heterocycles. The molecular weight excluding hydrogens is 266 g/mol. The normalized spacial score (nSPS) is 11.1. The fraction of sp³-hybridized carbons (Fsp3) is 0.200. The molecule has 0 spiro atoms. The molecule has 0 fully saturated rings. The number of rotatable bonds is 3. The highest BCUT2D eigenvalue weighted by Crippen LogP contribution is 2.04. The first-order chi connectivity index (χ1) is 9.56. The van der Waals surface area contributed by atoms with Crippen molar-refractivity contribution in [3.63, 3.8) is 0 Å². The first-order valence-electron chi connectivity index (χ1n) is 5.59. The van der Waals surface area contributed by atoms with E-state index in [1.165, 1.54) is 6.33 Å². The number of carbonyl (C=O) groups excluding carboxylic acids is 1. The van der Waals surface area contributed by atoms with Crippen molar-refractivity contribution in [3.8, 4) is 0 Å². The van der Waals surface area contributed by atoms with E-state index in [2.05, 4.69) is 20.5 Å². The van der Waals surface area contributed by atoms with Crippen LogP contribution in [0.2, 0.25) is 0 Å². The maximum atomic E-state index is 12.1. The molecule has 3 aromatic rings. The van der Waals surface area contributed by atoms with Gasteiger partial charge in [0.05, 0.1) is 5.69 Å². The second-order valence-electron chi connectivity index (χ2n) is 4.12. The van der Waals surface area contributed by atoms with E-state index in [0.29, 0.717) is 11.5 Å². The number of imidazole rings is 1. The maximum Gasteiger partial charge on any atom is 0.353 e. The largest absolute Gasteiger partial charge is 0.364 e. The van der Waals surface area contributed by atoms with Crippen LogP contribution in [0.15, 0.2) is 21.7 Å². The van der Waals surface area contributed by atoms with Crippen LogP contribution in [0.3, 0.4) is 0 Å². The van der Waals surface area contributed by atoms with Crippen LogP contribution < -0.4 is 11.4 Å². The van der Waals surface area contributed by atoms with E-state index in [0.717, 1.165) is 9.08 Å². The number of amides is 1. The highest BCUT2D eigenvalue weighted by Gasteiger charge is 2.15. The molecule has 0 aromatic carbocycles. The summed E-state index contributed by atoms with van der Waals surface area (Å²) >= 11 is 0. The first kappa shape index (κ1) is 12.0. The number of primary amides is 1. The molecule has 0 bridgehead atoms. The molecule has 0 aliphatic heterocycles. The molecule has 102 valence electrons. The van der Waals surface area contributed by atoms with Gasteiger partial charge in [0.2, 0.25) is 0 Å². The van der Waals surface area contributed by atoms with Crippen molar-refractivity contribution in [1.82, 2.24) is 29.5 Å². The molecule has 20 heavy (non-hydrogen) atoms. The van der Waals surface area contributed by atoms with Gasteiger partial charge in [-0.1, -0.05) is 10.4 Å². The summed E-state index contributed by atoms with van der Waals surface area (Å²) in [6.45, 7) is 1.84. The van der Waals surface area contributed by atoms with E-state index in [4.69, 9.17) is 10.3 Å². The van der Waals surface area contributed by atoms with Gasteiger partial charge in [-0.15, -0.1) is 5.10 Å². The van der Waals surface area contributed by atoms with Crippen molar-refractivity contribution >= 4 is 11.6 Å². The predicted octanol–water partition coefficient (Wildman–Crippen LogP) is -1.27. The predicted molar refractivity (Wildman–Crippen MR) is 63.9 cm³/mol. The second kappa shape index (κ2) is 4.26. The van der Waals surface area contributed by atoms with E-state index in [-0.39, 0.29) is 17.9 Å². The van der Waals surface area contributed by atoms with Gasteiger partial charge in [0.1, 0.15) is 12.9 Å². The molecule has 10 heteroatoms. The summed E-state index contributed by atoms with van der Waals surface area (Å²) in [5.41, 5.74) is 5.23. The molecule has 0 unspecified atom stereocenters. The van der Waals surface area contributed by atoms with E-state index in [1.807, 2.05) is 0 Å². The zero-order valence-corrected chi connectivity index (χ0v) is 10.3. The lowest BCUT2D eigenvalue weighted by atomic mass is 10.4. The molecule has 0 radical (unpaired) electrons. The van der Waals surface area contributed by atoms with Gasteiger partial charge in [0, 0.05) is 6.07 Å². The molecule has 1 amide bonds. The van der Waals surface area contributed by atoms with Gasteiger partial charge in [-0.3, -0.25) is 4.79 Å². The van der Waals surface area contributed by atoms with Crippen LogP contribution in [-0.2, 0) is 6.54 Å². The Balaban J connectivity index is 2.08. The molecule has 3 rings (SSSR count). The zero-order valence-electron chi connectivity index (χ0n) is 10.3. The quantitative estimate of drug-likeness (QED) is 0.629. The van der Waals surface area contributed by atoms with Crippen molar-refractivity contribution in [1.29, 1.82) is 0 Å². The van der Waals surface area contributed by atoms with Crippen LogP contribution in [-0.4, -0.2) is 35.4 Å². The van der Waals surface area contributed by atoms with Gasteiger partial charge in [-0.25, -0.2) is 14.2 Å². The Kier molecular flexibility index (Phi) is 2.56. The summed E-state index contributed by atoms with van der Waals surface area (Å²) in [5, 5.41) is 11.2. The van der Waals surface area contributed by atoms with Crippen molar-refractivity contribution < 1.29 is 9.32 Å². The summed E-state index contributed by atoms with van der Waals surface area (Å²) in [4.78, 5) is 27.0. The van der Waals surface area contributed by atoms with Crippen molar-refractivity contribution in [2.24, 2.45) is 5.73 Å². The number of fused-ring (bicyclic) bond motifs is 1. The van der Waals surface area contributed by atoms with Crippen molar-refractivity contribution in [3.05, 3.63) is 40.0 Å². The average molecular weight is 275 g/mol. The minimum Gasteiger partial charge on any atom is -0.364 e. The topological polar surface area (TPSA) is 134 Å². The third-order valence-corrected chi connectivity index (χ3v) is 2.63. The molecule has 10 nitrogen and oxygen atoms in total. The summed E-state index contributed by atoms with van der Waals surface area (Å²) in [7, 11) is 0. The maximum absolute atomic E-state index is 12.1. The molecule has 2 N–H and O–H groups in total. The fourth-order valence-electron chi connectivity index (χ4n) is 1.75. The zero-order chi connectivity index (χ0) is 14.3. The standard InChI is InChI=1S/C10H9N7O3/c1-5-2-6(20-14-5)3-17-10(19)16-4-12-7(8(11)18)9(16)13-15-17/h2,4H,3H2,1H3,(H2,11,18). The third-order valence-electron chi connectivity index (χ3n) is 2.63. The number of nitrogens with two attached hydrogens (primary N) is 1. The van der Waals surface area contributed by atoms with Gasteiger partial charge < -0.3 is 10.3 Å². The molecule has 0 saturated heterocycles. The van der Waals surface area contributed by atoms with Gasteiger partial charge in [-0.2, -0.15) is 4.68 Å². The number of aryl methyl sites for hydroxylation is 1. The SMILES string of the molecule is Cc1cc(Cn2nnc3c(C(N)=O)ncn3c2=O)on1. The van der Waals surface area contributed by atoms with Gasteiger partial charge in [-0.05, 0) is 6.92 Å². The van der Waals surface area contributed by atoms with E-state index in [9.17, 15) is 9.59 Å². The van der Waals surface area contributed by atoms with Gasteiger partial charge in [0.25, 0.3) is 5.91 Å². The fourth-order valence-corrected chi connectivity index (χ4v) is 1.75. The van der Waals surface area contributed by atoms with E-state index < -0.39 is 11.6 Å². The first-order valence-corrected chi connectivity index (χ1v) is 5.59. The monoisotopic (exact) mass is 275 g/mol. The van der Waals surface area contributed by atoms with Gasteiger partial charge >= 0.3 is 5.69 Å². The number of nitrogens with zero attached hydrogens (tertiary/aromatic N) is 6. The second-order valence-corrected chi connectivity index (χ2v) is 4.12. The Hall–Kier alpha value is -3.04.